The van der Waals surface area contributed by atoms with Gasteiger partial charge >= 0.3 is 0 Å². The third kappa shape index (κ3) is 2.86. The van der Waals surface area contributed by atoms with Crippen molar-refractivity contribution in [1.29, 1.82) is 0 Å². The van der Waals surface area contributed by atoms with E-state index in [0.29, 0.717) is 10.4 Å². The lowest BCUT2D eigenvalue weighted by atomic mass is 10.0. The van der Waals surface area contributed by atoms with Gasteiger partial charge in [-0.1, -0.05) is 17.7 Å². The first-order valence-electron chi connectivity index (χ1n) is 5.33. The van der Waals surface area contributed by atoms with Crippen LogP contribution in [0.4, 0.5) is 0 Å². The van der Waals surface area contributed by atoms with E-state index in [-0.39, 0.29) is 0 Å². The molecular weight excluding hydrogens is 210 g/mol. The maximum atomic E-state index is 5.85. The number of hydrogen-bond donors (Lipinski definition) is 1. The van der Waals surface area contributed by atoms with Gasteiger partial charge in [-0.05, 0) is 49.4 Å². The molecule has 0 radical (unpaired) electrons. The molecule has 0 atom stereocenters. The van der Waals surface area contributed by atoms with Crippen LogP contribution in [0, 0.1) is 5.41 Å². The predicted octanol–water partition coefficient (Wildman–Crippen LogP) is 2.85. The zero-order valence-electron chi connectivity index (χ0n) is 8.71. The van der Waals surface area contributed by atoms with Crippen LogP contribution < -0.4 is 10.5 Å². The summed E-state index contributed by atoms with van der Waals surface area (Å²) < 4.78 is 5.62. The lowest BCUT2D eigenvalue weighted by molar-refractivity contribution is 0.271. The van der Waals surface area contributed by atoms with Crippen LogP contribution in [0.5, 0.6) is 5.75 Å². The molecular formula is C12H16ClNO. The Hall–Kier alpha value is -0.730. The van der Waals surface area contributed by atoms with Gasteiger partial charge in [0.05, 0.1) is 6.61 Å². The molecule has 2 rings (SSSR count). The summed E-state index contributed by atoms with van der Waals surface area (Å²) in [7, 11) is 0. The predicted molar refractivity (Wildman–Crippen MR) is 62.3 cm³/mol. The van der Waals surface area contributed by atoms with E-state index in [9.17, 15) is 0 Å². The summed E-state index contributed by atoms with van der Waals surface area (Å²) in [5.74, 6) is 0.843. The van der Waals surface area contributed by atoms with E-state index in [4.69, 9.17) is 22.1 Å². The van der Waals surface area contributed by atoms with Crippen molar-refractivity contribution in [3.05, 3.63) is 29.3 Å². The summed E-state index contributed by atoms with van der Waals surface area (Å²) in [5.41, 5.74) is 6.08. The fourth-order valence-corrected chi connectivity index (χ4v) is 1.86. The Kier molecular flexibility index (Phi) is 3.17. The summed E-state index contributed by atoms with van der Waals surface area (Å²) in [6.07, 6.45) is 3.56. The molecule has 15 heavy (non-hydrogen) atoms. The van der Waals surface area contributed by atoms with Crippen LogP contribution in [0.25, 0.3) is 0 Å². The standard InChI is InChI=1S/C12H16ClNO/c13-10-2-1-3-11(8-10)15-7-6-12(9-14)4-5-12/h1-3,8H,4-7,9,14H2. The van der Waals surface area contributed by atoms with Crippen LogP contribution in [-0.2, 0) is 0 Å². The smallest absolute Gasteiger partial charge is 0.120 e. The molecule has 1 aromatic carbocycles. The van der Waals surface area contributed by atoms with E-state index in [0.717, 1.165) is 25.3 Å². The maximum Gasteiger partial charge on any atom is 0.120 e. The summed E-state index contributed by atoms with van der Waals surface area (Å²) in [5, 5.41) is 0.715. The van der Waals surface area contributed by atoms with Crippen LogP contribution in [0.3, 0.4) is 0 Å². The fraction of sp³-hybridized carbons (Fsp3) is 0.500. The average molecular weight is 226 g/mol. The zero-order valence-corrected chi connectivity index (χ0v) is 9.46. The van der Waals surface area contributed by atoms with E-state index in [1.807, 2.05) is 24.3 Å². The van der Waals surface area contributed by atoms with Gasteiger partial charge in [0.15, 0.2) is 0 Å². The molecule has 0 spiro atoms. The molecule has 1 aliphatic carbocycles. The lowest BCUT2D eigenvalue weighted by Gasteiger charge is -2.12. The summed E-state index contributed by atoms with van der Waals surface area (Å²) >= 11 is 5.85. The van der Waals surface area contributed by atoms with Gasteiger partial charge in [0, 0.05) is 5.02 Å². The van der Waals surface area contributed by atoms with E-state index in [2.05, 4.69) is 0 Å². The Morgan fingerprint density at radius 2 is 2.20 bits per heavy atom. The number of ether oxygens (including phenoxy) is 1. The first-order valence-corrected chi connectivity index (χ1v) is 5.70. The molecule has 1 saturated carbocycles. The Balaban J connectivity index is 1.78. The van der Waals surface area contributed by atoms with Crippen LogP contribution >= 0.6 is 11.6 Å². The zero-order chi connectivity index (χ0) is 10.7. The summed E-state index contributed by atoms with van der Waals surface area (Å²) in [6.45, 7) is 1.52. The van der Waals surface area contributed by atoms with Gasteiger partial charge < -0.3 is 10.5 Å². The highest BCUT2D eigenvalue weighted by atomic mass is 35.5. The number of rotatable bonds is 5. The second-order valence-corrected chi connectivity index (χ2v) is 4.70. The molecule has 0 amide bonds. The Morgan fingerprint density at radius 1 is 1.40 bits per heavy atom. The van der Waals surface area contributed by atoms with E-state index in [1.165, 1.54) is 12.8 Å². The first kappa shape index (κ1) is 10.8. The van der Waals surface area contributed by atoms with Gasteiger partial charge in [-0.2, -0.15) is 0 Å². The van der Waals surface area contributed by atoms with E-state index < -0.39 is 0 Å². The van der Waals surface area contributed by atoms with Crippen LogP contribution in [0.2, 0.25) is 5.02 Å². The molecule has 0 bridgehead atoms. The highest BCUT2D eigenvalue weighted by Crippen LogP contribution is 2.47. The SMILES string of the molecule is NCC1(CCOc2cccc(Cl)c2)CC1. The summed E-state index contributed by atoms with van der Waals surface area (Å²) in [4.78, 5) is 0. The Bertz CT molecular complexity index is 336. The molecule has 0 saturated heterocycles. The highest BCUT2D eigenvalue weighted by molar-refractivity contribution is 6.30. The number of nitrogens with two attached hydrogens (primary N) is 1. The Labute approximate surface area is 95.4 Å². The van der Waals surface area contributed by atoms with E-state index >= 15 is 0 Å². The van der Waals surface area contributed by atoms with Crippen molar-refractivity contribution in [3.8, 4) is 5.75 Å². The van der Waals surface area contributed by atoms with Crippen molar-refractivity contribution >= 4 is 11.6 Å². The third-order valence-electron chi connectivity index (χ3n) is 3.09. The topological polar surface area (TPSA) is 35.2 Å². The molecule has 0 unspecified atom stereocenters. The van der Waals surface area contributed by atoms with Gasteiger partial charge in [-0.25, -0.2) is 0 Å². The van der Waals surface area contributed by atoms with Crippen molar-refractivity contribution in [2.45, 2.75) is 19.3 Å². The maximum absolute atomic E-state index is 5.85. The van der Waals surface area contributed by atoms with Crippen molar-refractivity contribution < 1.29 is 4.74 Å². The molecule has 0 aliphatic heterocycles. The van der Waals surface area contributed by atoms with Gasteiger partial charge in [0.25, 0.3) is 0 Å². The number of hydrogen-bond acceptors (Lipinski definition) is 2. The van der Waals surface area contributed by atoms with Crippen LogP contribution in [-0.4, -0.2) is 13.2 Å². The number of benzene rings is 1. The van der Waals surface area contributed by atoms with Crippen LogP contribution in [0.1, 0.15) is 19.3 Å². The summed E-state index contributed by atoms with van der Waals surface area (Å²) in [6, 6.07) is 7.50. The largest absolute Gasteiger partial charge is 0.494 e. The van der Waals surface area contributed by atoms with Gasteiger partial charge in [-0.15, -0.1) is 0 Å². The molecule has 3 heteroatoms. The van der Waals surface area contributed by atoms with E-state index in [1.54, 1.807) is 0 Å². The second kappa shape index (κ2) is 4.42. The normalized spacial score (nSPS) is 17.5. The monoisotopic (exact) mass is 225 g/mol. The molecule has 2 N–H and O–H groups in total. The van der Waals surface area contributed by atoms with Crippen molar-refractivity contribution in [3.63, 3.8) is 0 Å². The van der Waals surface area contributed by atoms with Crippen molar-refractivity contribution in [2.24, 2.45) is 11.1 Å². The third-order valence-corrected chi connectivity index (χ3v) is 3.32. The molecule has 2 nitrogen and oxygen atoms in total. The quantitative estimate of drug-likeness (QED) is 0.837. The van der Waals surface area contributed by atoms with Crippen molar-refractivity contribution in [2.75, 3.05) is 13.2 Å². The van der Waals surface area contributed by atoms with Gasteiger partial charge in [0.2, 0.25) is 0 Å². The molecule has 82 valence electrons. The highest BCUT2D eigenvalue weighted by Gasteiger charge is 2.40. The minimum Gasteiger partial charge on any atom is -0.494 e. The molecule has 1 fully saturated rings. The molecule has 0 aromatic heterocycles. The van der Waals surface area contributed by atoms with Crippen LogP contribution in [0.15, 0.2) is 24.3 Å². The number of halogens is 1. The average Bonchev–Trinajstić information content (AvgIpc) is 2.99. The molecule has 1 aliphatic rings. The molecule has 1 aromatic rings. The lowest BCUT2D eigenvalue weighted by Crippen LogP contribution is -2.18. The molecule has 0 heterocycles. The van der Waals surface area contributed by atoms with Gasteiger partial charge in [0.1, 0.15) is 5.75 Å². The minimum atomic E-state index is 0.387. The second-order valence-electron chi connectivity index (χ2n) is 4.26. The Morgan fingerprint density at radius 3 is 2.80 bits per heavy atom. The first-order chi connectivity index (χ1) is 7.24. The van der Waals surface area contributed by atoms with Crippen molar-refractivity contribution in [1.82, 2.24) is 0 Å². The van der Waals surface area contributed by atoms with Gasteiger partial charge in [-0.3, -0.25) is 0 Å². The fourth-order valence-electron chi connectivity index (χ4n) is 1.68. The minimum absolute atomic E-state index is 0.387.